The van der Waals surface area contributed by atoms with E-state index in [-0.39, 0.29) is 5.57 Å². The number of methoxy groups -OCH3 is 1. The average molecular weight is 428 g/mol. The maximum Gasteiger partial charge on any atom is 0.268 e. The molecule has 0 spiro atoms. The second kappa shape index (κ2) is 9.37. The Morgan fingerprint density at radius 3 is 2.93 bits per heavy atom. The summed E-state index contributed by atoms with van der Waals surface area (Å²) in [4.78, 5) is 12.5. The zero-order chi connectivity index (χ0) is 20.8. The summed E-state index contributed by atoms with van der Waals surface area (Å²) in [7, 11) is 1.55. The van der Waals surface area contributed by atoms with E-state index in [9.17, 15) is 10.1 Å². The number of nitrogens with one attached hydrogen (secondary N) is 1. The van der Waals surface area contributed by atoms with Crippen molar-refractivity contribution in [3.63, 3.8) is 0 Å². The molecule has 0 atom stereocenters. The van der Waals surface area contributed by atoms with Crippen molar-refractivity contribution in [3.8, 4) is 17.5 Å². The van der Waals surface area contributed by atoms with Gasteiger partial charge in [0.15, 0.2) is 0 Å². The van der Waals surface area contributed by atoms with Crippen LogP contribution in [0.25, 0.3) is 11.8 Å². The third kappa shape index (κ3) is 4.83. The van der Waals surface area contributed by atoms with Crippen LogP contribution in [0, 0.1) is 11.3 Å². The minimum absolute atomic E-state index is 0.0446. The molecule has 3 aromatic rings. The van der Waals surface area contributed by atoms with Crippen LogP contribution in [0.1, 0.15) is 24.0 Å². The quantitative estimate of drug-likeness (QED) is 0.443. The molecule has 2 heterocycles. The van der Waals surface area contributed by atoms with Crippen LogP contribution >= 0.6 is 22.9 Å². The number of aryl methyl sites for hydroxylation is 1. The molecule has 1 N–H and O–H groups in total. The molecule has 148 valence electrons. The van der Waals surface area contributed by atoms with Gasteiger partial charge in [-0.3, -0.25) is 10.1 Å². The second-order valence-corrected chi connectivity index (χ2v) is 7.47. The highest BCUT2D eigenvalue weighted by atomic mass is 35.5. The maximum absolute atomic E-state index is 12.5. The van der Waals surface area contributed by atoms with Crippen molar-refractivity contribution in [2.45, 2.75) is 19.8 Å². The molecule has 0 fully saturated rings. The first kappa shape index (κ1) is 20.6. The lowest BCUT2D eigenvalue weighted by Gasteiger charge is -2.10. The first-order valence-electron chi connectivity index (χ1n) is 8.82. The molecule has 9 heteroatoms. The van der Waals surface area contributed by atoms with E-state index in [0.29, 0.717) is 21.6 Å². The summed E-state index contributed by atoms with van der Waals surface area (Å²) < 4.78 is 7.00. The number of ether oxygens (including phenoxy) is 1. The van der Waals surface area contributed by atoms with Crippen LogP contribution in [-0.2, 0) is 11.2 Å². The molecule has 0 aliphatic heterocycles. The predicted molar refractivity (Wildman–Crippen MR) is 113 cm³/mol. The van der Waals surface area contributed by atoms with Gasteiger partial charge in [0.1, 0.15) is 22.4 Å². The minimum atomic E-state index is -0.535. The fraction of sp³-hybridized carbons (Fsp3) is 0.200. The number of halogens is 1. The van der Waals surface area contributed by atoms with Gasteiger partial charge >= 0.3 is 0 Å². The van der Waals surface area contributed by atoms with E-state index in [2.05, 4.69) is 15.5 Å². The largest absolute Gasteiger partial charge is 0.495 e. The van der Waals surface area contributed by atoms with Crippen LogP contribution in [0.3, 0.4) is 0 Å². The van der Waals surface area contributed by atoms with Gasteiger partial charge < -0.3 is 9.30 Å². The summed E-state index contributed by atoms with van der Waals surface area (Å²) in [6.45, 7) is 2.04. The molecule has 0 saturated heterocycles. The third-order valence-corrected chi connectivity index (χ3v) is 5.20. The summed E-state index contributed by atoms with van der Waals surface area (Å²) in [5.74, 6) is 0.0310. The predicted octanol–water partition coefficient (Wildman–Crippen LogP) is 4.49. The lowest BCUT2D eigenvalue weighted by atomic mass is 10.2. The monoisotopic (exact) mass is 427 g/mol. The Morgan fingerprint density at radius 2 is 2.24 bits per heavy atom. The van der Waals surface area contributed by atoms with E-state index < -0.39 is 5.91 Å². The topological polar surface area (TPSA) is 92.8 Å². The highest BCUT2D eigenvalue weighted by molar-refractivity contribution is 7.15. The zero-order valence-corrected chi connectivity index (χ0v) is 17.4. The Bertz CT molecular complexity index is 1100. The lowest BCUT2D eigenvalue weighted by molar-refractivity contribution is -0.112. The van der Waals surface area contributed by atoms with Gasteiger partial charge in [0.2, 0.25) is 5.13 Å². The van der Waals surface area contributed by atoms with Gasteiger partial charge in [-0.05, 0) is 42.8 Å². The molecule has 0 radical (unpaired) electrons. The van der Waals surface area contributed by atoms with Gasteiger partial charge in [0, 0.05) is 24.0 Å². The second-order valence-electron chi connectivity index (χ2n) is 6.00. The number of nitrogens with zero attached hydrogens (tertiary/aromatic N) is 4. The number of nitriles is 1. The van der Waals surface area contributed by atoms with Crippen LogP contribution in [0.4, 0.5) is 5.13 Å². The van der Waals surface area contributed by atoms with Crippen molar-refractivity contribution in [2.24, 2.45) is 0 Å². The number of rotatable bonds is 7. The fourth-order valence-electron chi connectivity index (χ4n) is 2.63. The minimum Gasteiger partial charge on any atom is -0.495 e. The van der Waals surface area contributed by atoms with Crippen LogP contribution in [0.15, 0.2) is 42.1 Å². The highest BCUT2D eigenvalue weighted by Crippen LogP contribution is 2.28. The average Bonchev–Trinajstić information content (AvgIpc) is 3.35. The smallest absolute Gasteiger partial charge is 0.268 e. The Kier molecular flexibility index (Phi) is 6.65. The van der Waals surface area contributed by atoms with Crippen LogP contribution < -0.4 is 10.1 Å². The molecule has 1 aromatic carbocycles. The van der Waals surface area contributed by atoms with Gasteiger partial charge in [-0.2, -0.15) is 5.26 Å². The van der Waals surface area contributed by atoms with Crippen molar-refractivity contribution >= 4 is 40.1 Å². The lowest BCUT2D eigenvalue weighted by Crippen LogP contribution is -2.13. The van der Waals surface area contributed by atoms with E-state index in [1.54, 1.807) is 25.3 Å². The van der Waals surface area contributed by atoms with Gasteiger partial charge in [-0.25, -0.2) is 0 Å². The normalized spacial score (nSPS) is 11.2. The van der Waals surface area contributed by atoms with Gasteiger partial charge in [0.25, 0.3) is 5.91 Å². The molecule has 0 bridgehead atoms. The summed E-state index contributed by atoms with van der Waals surface area (Å²) >= 11 is 7.52. The Balaban J connectivity index is 1.84. The molecule has 0 aliphatic carbocycles. The summed E-state index contributed by atoms with van der Waals surface area (Å²) in [5.41, 5.74) is 1.39. The van der Waals surface area contributed by atoms with Gasteiger partial charge in [-0.15, -0.1) is 10.2 Å². The van der Waals surface area contributed by atoms with Crippen molar-refractivity contribution < 1.29 is 9.53 Å². The van der Waals surface area contributed by atoms with E-state index in [1.807, 2.05) is 35.9 Å². The third-order valence-electron chi connectivity index (χ3n) is 4.00. The number of aromatic nitrogens is 3. The number of hydrogen-bond donors (Lipinski definition) is 1. The molecule has 7 nitrogen and oxygen atoms in total. The maximum atomic E-state index is 12.5. The Morgan fingerprint density at radius 1 is 1.41 bits per heavy atom. The zero-order valence-electron chi connectivity index (χ0n) is 15.8. The number of carbonyl (C=O) groups is 1. The molecule has 1 amide bonds. The molecule has 0 saturated carbocycles. The van der Waals surface area contributed by atoms with Crippen molar-refractivity contribution in [1.29, 1.82) is 5.26 Å². The van der Waals surface area contributed by atoms with Crippen LogP contribution in [-0.4, -0.2) is 27.8 Å². The van der Waals surface area contributed by atoms with Gasteiger partial charge in [-0.1, -0.05) is 29.9 Å². The fourth-order valence-corrected chi connectivity index (χ4v) is 3.72. The molecule has 3 rings (SSSR count). The van der Waals surface area contributed by atoms with E-state index in [1.165, 1.54) is 17.4 Å². The van der Waals surface area contributed by atoms with Crippen molar-refractivity contribution in [3.05, 3.63) is 57.8 Å². The summed E-state index contributed by atoms with van der Waals surface area (Å²) in [6.07, 6.45) is 5.07. The summed E-state index contributed by atoms with van der Waals surface area (Å²) in [6, 6.07) is 10.9. The number of carbonyl (C=O) groups excluding carboxylic acids is 1. The standard InChI is InChI=1S/C20H18ClN5O2S/c1-3-5-18-24-25-20(29-18)23-19(27)13(12-22)10-14-6-4-9-26(14)15-7-8-17(28-2)16(21)11-15/h4,6-11H,3,5H2,1-2H3,(H,23,25,27)/b13-10-. The molecular formula is C20H18ClN5O2S. The summed E-state index contributed by atoms with van der Waals surface area (Å²) in [5, 5.41) is 21.8. The highest BCUT2D eigenvalue weighted by Gasteiger charge is 2.14. The van der Waals surface area contributed by atoms with E-state index in [4.69, 9.17) is 16.3 Å². The van der Waals surface area contributed by atoms with E-state index in [0.717, 1.165) is 23.5 Å². The Labute approximate surface area is 177 Å². The van der Waals surface area contributed by atoms with E-state index >= 15 is 0 Å². The molecular weight excluding hydrogens is 410 g/mol. The van der Waals surface area contributed by atoms with Crippen molar-refractivity contribution in [2.75, 3.05) is 12.4 Å². The SMILES string of the molecule is CCCc1nnc(NC(=O)/C(C#N)=C\c2cccn2-c2ccc(OC)c(Cl)c2)s1. The first-order chi connectivity index (χ1) is 14.0. The number of hydrogen-bond acceptors (Lipinski definition) is 6. The van der Waals surface area contributed by atoms with Gasteiger partial charge in [0.05, 0.1) is 12.1 Å². The number of benzene rings is 1. The molecule has 0 unspecified atom stereocenters. The molecule has 29 heavy (non-hydrogen) atoms. The van der Waals surface area contributed by atoms with Crippen LogP contribution in [0.2, 0.25) is 5.02 Å². The number of anilines is 1. The Hall–Kier alpha value is -3.15. The number of amides is 1. The molecule has 2 aromatic heterocycles. The first-order valence-corrected chi connectivity index (χ1v) is 10.0. The van der Waals surface area contributed by atoms with Crippen molar-refractivity contribution in [1.82, 2.24) is 14.8 Å². The van der Waals surface area contributed by atoms with Crippen LogP contribution in [0.5, 0.6) is 5.75 Å². The molecule has 0 aliphatic rings.